The van der Waals surface area contributed by atoms with Crippen molar-refractivity contribution >= 4 is 17.4 Å². The zero-order valence-corrected chi connectivity index (χ0v) is 7.38. The summed E-state index contributed by atoms with van der Waals surface area (Å²) >= 11 is 5.48. The Kier molecular flexibility index (Phi) is 2.75. The van der Waals surface area contributed by atoms with Gasteiger partial charge in [-0.1, -0.05) is 11.6 Å². The predicted octanol–water partition coefficient (Wildman–Crippen LogP) is 0.893. The fourth-order valence-electron chi connectivity index (χ4n) is 0.890. The predicted molar refractivity (Wildman–Crippen MR) is 48.2 cm³/mol. The standard InChI is InChI=1S/C8H8ClNO3/c9-5-2-1-4(6(11)3-10)7(12)8(5)13/h1-2,12-13H,3,10H2. The van der Waals surface area contributed by atoms with Crippen molar-refractivity contribution in [3.63, 3.8) is 0 Å². The lowest BCUT2D eigenvalue weighted by atomic mass is 10.1. The Hall–Kier alpha value is -1.26. The smallest absolute Gasteiger partial charge is 0.180 e. The van der Waals surface area contributed by atoms with Crippen LogP contribution in [0.25, 0.3) is 0 Å². The van der Waals surface area contributed by atoms with Gasteiger partial charge in [0.15, 0.2) is 17.3 Å². The number of halogens is 1. The van der Waals surface area contributed by atoms with Gasteiger partial charge in [0.1, 0.15) is 0 Å². The van der Waals surface area contributed by atoms with Gasteiger partial charge in [0, 0.05) is 0 Å². The largest absolute Gasteiger partial charge is 0.504 e. The Labute approximate surface area is 79.6 Å². The molecule has 0 atom stereocenters. The van der Waals surface area contributed by atoms with Crippen LogP contribution in [-0.4, -0.2) is 22.5 Å². The third-order valence-electron chi connectivity index (χ3n) is 1.59. The molecule has 1 aromatic carbocycles. The molecule has 1 aromatic rings. The van der Waals surface area contributed by atoms with Gasteiger partial charge in [-0.15, -0.1) is 0 Å². The van der Waals surface area contributed by atoms with E-state index in [2.05, 4.69) is 0 Å². The van der Waals surface area contributed by atoms with Gasteiger partial charge in [-0.05, 0) is 12.1 Å². The Bertz CT molecular complexity index is 351. The van der Waals surface area contributed by atoms with Gasteiger partial charge in [0.2, 0.25) is 0 Å². The Morgan fingerprint density at radius 3 is 2.54 bits per heavy atom. The highest BCUT2D eigenvalue weighted by Gasteiger charge is 2.14. The number of rotatable bonds is 2. The number of hydrogen-bond acceptors (Lipinski definition) is 4. The van der Waals surface area contributed by atoms with Crippen molar-refractivity contribution in [1.29, 1.82) is 0 Å². The van der Waals surface area contributed by atoms with Gasteiger partial charge >= 0.3 is 0 Å². The SMILES string of the molecule is NCC(=O)c1ccc(Cl)c(O)c1O. The molecule has 0 bridgehead atoms. The van der Waals surface area contributed by atoms with Crippen molar-refractivity contribution in [3.8, 4) is 11.5 Å². The van der Waals surface area contributed by atoms with Crippen LogP contribution in [0.4, 0.5) is 0 Å². The molecule has 13 heavy (non-hydrogen) atoms. The maximum atomic E-state index is 11.1. The summed E-state index contributed by atoms with van der Waals surface area (Å²) in [6.45, 7) is -0.228. The minimum atomic E-state index is -0.525. The van der Waals surface area contributed by atoms with Crippen LogP contribution in [0.15, 0.2) is 12.1 Å². The van der Waals surface area contributed by atoms with Crippen LogP contribution in [0.1, 0.15) is 10.4 Å². The van der Waals surface area contributed by atoms with Gasteiger partial charge in [0.05, 0.1) is 17.1 Å². The van der Waals surface area contributed by atoms with E-state index in [1.165, 1.54) is 12.1 Å². The second-order valence-electron chi connectivity index (χ2n) is 2.42. The van der Waals surface area contributed by atoms with Crippen LogP contribution < -0.4 is 5.73 Å². The van der Waals surface area contributed by atoms with Crippen molar-refractivity contribution in [2.45, 2.75) is 0 Å². The number of Topliss-reactive ketones (excluding diaryl/α,β-unsaturated/α-hetero) is 1. The lowest BCUT2D eigenvalue weighted by Gasteiger charge is -2.04. The van der Waals surface area contributed by atoms with Crippen molar-refractivity contribution in [3.05, 3.63) is 22.7 Å². The number of ketones is 1. The van der Waals surface area contributed by atoms with E-state index in [4.69, 9.17) is 22.4 Å². The first-order valence-electron chi connectivity index (χ1n) is 3.51. The molecule has 5 heteroatoms. The molecule has 0 aromatic heterocycles. The number of phenolic OH excluding ortho intramolecular Hbond substituents is 2. The van der Waals surface area contributed by atoms with E-state index >= 15 is 0 Å². The molecule has 0 unspecified atom stereocenters. The lowest BCUT2D eigenvalue weighted by Crippen LogP contribution is -2.13. The summed E-state index contributed by atoms with van der Waals surface area (Å²) in [7, 11) is 0. The highest BCUT2D eigenvalue weighted by Crippen LogP contribution is 2.35. The minimum Gasteiger partial charge on any atom is -0.504 e. The highest BCUT2D eigenvalue weighted by atomic mass is 35.5. The van der Waals surface area contributed by atoms with E-state index in [0.29, 0.717) is 0 Å². The van der Waals surface area contributed by atoms with E-state index in [1.807, 2.05) is 0 Å². The molecule has 0 spiro atoms. The maximum Gasteiger partial charge on any atom is 0.180 e. The van der Waals surface area contributed by atoms with Gasteiger partial charge in [-0.25, -0.2) is 0 Å². The van der Waals surface area contributed by atoms with Crippen molar-refractivity contribution < 1.29 is 15.0 Å². The molecule has 0 aliphatic carbocycles. The average Bonchev–Trinajstić information content (AvgIpc) is 2.13. The van der Waals surface area contributed by atoms with Crippen LogP contribution in [0.2, 0.25) is 5.02 Å². The van der Waals surface area contributed by atoms with Gasteiger partial charge in [-0.2, -0.15) is 0 Å². The number of carbonyl (C=O) groups is 1. The van der Waals surface area contributed by atoms with Gasteiger partial charge in [0.25, 0.3) is 0 Å². The number of benzene rings is 1. The molecule has 1 rings (SSSR count). The van der Waals surface area contributed by atoms with E-state index < -0.39 is 17.3 Å². The average molecular weight is 202 g/mol. The second kappa shape index (κ2) is 3.64. The molecule has 70 valence electrons. The first-order chi connectivity index (χ1) is 6.07. The molecule has 0 aliphatic heterocycles. The van der Waals surface area contributed by atoms with Crippen LogP contribution >= 0.6 is 11.6 Å². The number of hydrogen-bond donors (Lipinski definition) is 3. The van der Waals surface area contributed by atoms with Crippen molar-refractivity contribution in [1.82, 2.24) is 0 Å². The third kappa shape index (κ3) is 1.74. The van der Waals surface area contributed by atoms with Crippen LogP contribution in [0.5, 0.6) is 11.5 Å². The first kappa shape index (κ1) is 9.83. The number of nitrogens with two attached hydrogens (primary N) is 1. The monoisotopic (exact) mass is 201 g/mol. The fourth-order valence-corrected chi connectivity index (χ4v) is 1.04. The summed E-state index contributed by atoms with van der Waals surface area (Å²) in [5, 5.41) is 18.4. The summed E-state index contributed by atoms with van der Waals surface area (Å²) in [6.07, 6.45) is 0. The summed E-state index contributed by atoms with van der Waals surface area (Å²) in [5.74, 6) is -1.48. The fraction of sp³-hybridized carbons (Fsp3) is 0.125. The lowest BCUT2D eigenvalue weighted by molar-refractivity contribution is 0.0998. The number of phenols is 2. The van der Waals surface area contributed by atoms with Crippen LogP contribution in [-0.2, 0) is 0 Å². The third-order valence-corrected chi connectivity index (χ3v) is 1.89. The molecule has 0 saturated carbocycles. The summed E-state index contributed by atoms with van der Waals surface area (Å²) in [4.78, 5) is 11.1. The molecule has 0 radical (unpaired) electrons. The Morgan fingerprint density at radius 1 is 1.38 bits per heavy atom. The molecular weight excluding hydrogens is 194 g/mol. The summed E-state index contributed by atoms with van der Waals surface area (Å²) in [6, 6.07) is 2.63. The van der Waals surface area contributed by atoms with Crippen molar-refractivity contribution in [2.75, 3.05) is 6.54 Å². The molecule has 0 saturated heterocycles. The van der Waals surface area contributed by atoms with Crippen LogP contribution in [0, 0.1) is 0 Å². The minimum absolute atomic E-state index is 0.00827. The van der Waals surface area contributed by atoms with Crippen molar-refractivity contribution in [2.24, 2.45) is 5.73 Å². The molecule has 0 heterocycles. The van der Waals surface area contributed by atoms with E-state index in [-0.39, 0.29) is 17.1 Å². The zero-order valence-electron chi connectivity index (χ0n) is 6.62. The first-order valence-corrected chi connectivity index (χ1v) is 3.89. The highest BCUT2D eigenvalue weighted by molar-refractivity contribution is 6.32. The molecule has 0 aliphatic rings. The van der Waals surface area contributed by atoms with Gasteiger partial charge in [-0.3, -0.25) is 4.79 Å². The topological polar surface area (TPSA) is 83.6 Å². The molecule has 0 amide bonds. The summed E-state index contributed by atoms with van der Waals surface area (Å²) in [5.41, 5.74) is 5.06. The molecule has 4 N–H and O–H groups in total. The summed E-state index contributed by atoms with van der Waals surface area (Å²) < 4.78 is 0. The van der Waals surface area contributed by atoms with E-state index in [1.54, 1.807) is 0 Å². The quantitative estimate of drug-likeness (QED) is 0.490. The molecule has 4 nitrogen and oxygen atoms in total. The normalized spacial score (nSPS) is 10.0. The second-order valence-corrected chi connectivity index (χ2v) is 2.83. The zero-order chi connectivity index (χ0) is 10.0. The molecule has 0 fully saturated rings. The van der Waals surface area contributed by atoms with E-state index in [9.17, 15) is 9.90 Å². The maximum absolute atomic E-state index is 11.1. The van der Waals surface area contributed by atoms with E-state index in [0.717, 1.165) is 0 Å². The number of carbonyl (C=O) groups excluding carboxylic acids is 1. The Balaban J connectivity index is 3.26. The van der Waals surface area contributed by atoms with Crippen LogP contribution in [0.3, 0.4) is 0 Å². The van der Waals surface area contributed by atoms with Gasteiger partial charge < -0.3 is 15.9 Å². The molecular formula is C8H8ClNO3. The number of aromatic hydroxyl groups is 2. The Morgan fingerprint density at radius 2 is 2.00 bits per heavy atom.